The second-order valence-corrected chi connectivity index (χ2v) is 2.21. The number of rotatable bonds is 1. The molecule has 2 nitrogen and oxygen atoms in total. The zero-order valence-electron chi connectivity index (χ0n) is 5.82. The molecule has 0 unspecified atom stereocenters. The van der Waals surface area contributed by atoms with E-state index in [0.29, 0.717) is 0 Å². The standard InChI is InChI=1S/C9H6NO/c1-2-4-8(5-3-1)9-6-10-11-7-9/h1-6H. The third-order valence-corrected chi connectivity index (χ3v) is 1.47. The van der Waals surface area contributed by atoms with E-state index in [9.17, 15) is 0 Å². The van der Waals surface area contributed by atoms with Crippen molar-refractivity contribution in [2.45, 2.75) is 0 Å². The second-order valence-electron chi connectivity index (χ2n) is 2.21. The van der Waals surface area contributed by atoms with Crippen LogP contribution in [-0.2, 0) is 0 Å². The van der Waals surface area contributed by atoms with E-state index in [0.717, 1.165) is 11.1 Å². The highest BCUT2D eigenvalue weighted by atomic mass is 16.5. The average Bonchev–Trinajstić information content (AvgIpc) is 2.58. The highest BCUT2D eigenvalue weighted by molar-refractivity contribution is 5.59. The SMILES string of the molecule is [c]1oncc1-c1ccccc1. The molecule has 1 aromatic heterocycles. The van der Waals surface area contributed by atoms with E-state index >= 15 is 0 Å². The van der Waals surface area contributed by atoms with Gasteiger partial charge in [0, 0.05) is 0 Å². The van der Waals surface area contributed by atoms with Crippen molar-refractivity contribution in [3.05, 3.63) is 42.8 Å². The molecule has 11 heavy (non-hydrogen) atoms. The molecule has 0 fully saturated rings. The van der Waals surface area contributed by atoms with E-state index in [2.05, 4.69) is 15.9 Å². The largest absolute Gasteiger partial charge is 0.352 e. The van der Waals surface area contributed by atoms with Gasteiger partial charge in [0.15, 0.2) is 0 Å². The Labute approximate surface area is 64.5 Å². The number of benzene rings is 1. The van der Waals surface area contributed by atoms with Crippen molar-refractivity contribution in [1.29, 1.82) is 0 Å². The topological polar surface area (TPSA) is 26.0 Å². The molecule has 0 aliphatic heterocycles. The Hall–Kier alpha value is -1.57. The molecule has 0 N–H and O–H groups in total. The summed E-state index contributed by atoms with van der Waals surface area (Å²) in [6.07, 6.45) is 4.32. The Morgan fingerprint density at radius 1 is 1.18 bits per heavy atom. The highest BCUT2D eigenvalue weighted by Crippen LogP contribution is 2.15. The Balaban J connectivity index is 2.46. The van der Waals surface area contributed by atoms with Crippen LogP contribution in [0.5, 0.6) is 0 Å². The van der Waals surface area contributed by atoms with Gasteiger partial charge in [-0.3, -0.25) is 0 Å². The fourth-order valence-corrected chi connectivity index (χ4v) is 0.932. The van der Waals surface area contributed by atoms with E-state index in [1.54, 1.807) is 6.20 Å². The van der Waals surface area contributed by atoms with E-state index in [-0.39, 0.29) is 0 Å². The molecule has 0 amide bonds. The predicted octanol–water partition coefficient (Wildman–Crippen LogP) is 2.14. The van der Waals surface area contributed by atoms with Crippen LogP contribution in [0.3, 0.4) is 0 Å². The van der Waals surface area contributed by atoms with Crippen molar-refractivity contribution in [3.8, 4) is 11.1 Å². The Kier molecular flexibility index (Phi) is 1.44. The maximum absolute atomic E-state index is 4.59. The normalized spacial score (nSPS) is 9.82. The molecule has 1 radical (unpaired) electrons. The molecule has 0 saturated heterocycles. The molecule has 1 aromatic carbocycles. The summed E-state index contributed by atoms with van der Waals surface area (Å²) in [5.41, 5.74) is 1.97. The van der Waals surface area contributed by atoms with Crippen molar-refractivity contribution in [2.75, 3.05) is 0 Å². The third-order valence-electron chi connectivity index (χ3n) is 1.47. The van der Waals surface area contributed by atoms with Crippen LogP contribution >= 0.6 is 0 Å². The van der Waals surface area contributed by atoms with Crippen LogP contribution in [-0.4, -0.2) is 5.16 Å². The molecule has 0 aliphatic rings. The summed E-state index contributed by atoms with van der Waals surface area (Å²) in [4.78, 5) is 0. The van der Waals surface area contributed by atoms with Crippen LogP contribution in [0.1, 0.15) is 0 Å². The molecule has 2 heteroatoms. The summed E-state index contributed by atoms with van der Waals surface area (Å²) >= 11 is 0. The molecule has 0 aliphatic carbocycles. The van der Waals surface area contributed by atoms with Crippen molar-refractivity contribution in [3.63, 3.8) is 0 Å². The number of hydrogen-bond donors (Lipinski definition) is 0. The van der Waals surface area contributed by atoms with E-state index < -0.39 is 0 Å². The number of hydrogen-bond acceptors (Lipinski definition) is 2. The van der Waals surface area contributed by atoms with Gasteiger partial charge in [0.25, 0.3) is 0 Å². The van der Waals surface area contributed by atoms with Gasteiger partial charge in [-0.05, 0) is 5.56 Å². The van der Waals surface area contributed by atoms with Crippen molar-refractivity contribution >= 4 is 0 Å². The van der Waals surface area contributed by atoms with Gasteiger partial charge in [-0.15, -0.1) is 0 Å². The summed E-state index contributed by atoms with van der Waals surface area (Å²) < 4.78 is 4.59. The van der Waals surface area contributed by atoms with Crippen LogP contribution in [0.15, 0.2) is 41.1 Å². The van der Waals surface area contributed by atoms with Gasteiger partial charge in [0.05, 0.1) is 11.8 Å². The Bertz CT molecular complexity index is 313. The number of aromatic nitrogens is 1. The quantitative estimate of drug-likeness (QED) is 0.612. The monoisotopic (exact) mass is 144 g/mol. The first-order valence-electron chi connectivity index (χ1n) is 3.34. The predicted molar refractivity (Wildman–Crippen MR) is 40.8 cm³/mol. The smallest absolute Gasteiger partial charge is 0.213 e. The lowest BCUT2D eigenvalue weighted by Crippen LogP contribution is -1.69. The summed E-state index contributed by atoms with van der Waals surface area (Å²) in [7, 11) is 0. The first kappa shape index (κ1) is 6.16. The molecule has 53 valence electrons. The fourth-order valence-electron chi connectivity index (χ4n) is 0.932. The van der Waals surface area contributed by atoms with Gasteiger partial charge < -0.3 is 4.52 Å². The average molecular weight is 144 g/mol. The number of nitrogens with zero attached hydrogens (tertiary/aromatic N) is 1. The van der Waals surface area contributed by atoms with Crippen LogP contribution in [0.4, 0.5) is 0 Å². The summed E-state index contributed by atoms with van der Waals surface area (Å²) in [6, 6.07) is 9.88. The maximum Gasteiger partial charge on any atom is 0.213 e. The lowest BCUT2D eigenvalue weighted by molar-refractivity contribution is 0.413. The minimum absolute atomic E-state index is 0.894. The first-order chi connectivity index (χ1) is 5.47. The van der Waals surface area contributed by atoms with Crippen LogP contribution in [0.2, 0.25) is 0 Å². The summed E-state index contributed by atoms with van der Waals surface area (Å²) in [5, 5.41) is 3.57. The fraction of sp³-hybridized carbons (Fsp3) is 0. The van der Waals surface area contributed by atoms with Gasteiger partial charge in [0.1, 0.15) is 0 Å². The van der Waals surface area contributed by atoms with Crippen molar-refractivity contribution in [2.24, 2.45) is 0 Å². The van der Waals surface area contributed by atoms with Crippen LogP contribution in [0.25, 0.3) is 11.1 Å². The molecule has 2 aromatic rings. The Morgan fingerprint density at radius 2 is 2.00 bits per heavy atom. The third kappa shape index (κ3) is 1.15. The van der Waals surface area contributed by atoms with Gasteiger partial charge in [-0.25, -0.2) is 0 Å². The molecule has 0 saturated carbocycles. The summed E-state index contributed by atoms with van der Waals surface area (Å²) in [6.45, 7) is 0. The van der Waals surface area contributed by atoms with Crippen molar-refractivity contribution in [1.82, 2.24) is 5.16 Å². The van der Waals surface area contributed by atoms with E-state index in [4.69, 9.17) is 0 Å². The first-order valence-corrected chi connectivity index (χ1v) is 3.34. The van der Waals surface area contributed by atoms with Gasteiger partial charge in [0.2, 0.25) is 6.26 Å². The van der Waals surface area contributed by atoms with E-state index in [1.165, 1.54) is 0 Å². The maximum atomic E-state index is 4.59. The molecular formula is C9H6NO. The van der Waals surface area contributed by atoms with Crippen LogP contribution < -0.4 is 0 Å². The minimum Gasteiger partial charge on any atom is -0.352 e. The van der Waals surface area contributed by atoms with E-state index in [1.807, 2.05) is 30.3 Å². The van der Waals surface area contributed by atoms with Gasteiger partial charge in [-0.1, -0.05) is 35.5 Å². The lowest BCUT2D eigenvalue weighted by Gasteiger charge is -1.90. The van der Waals surface area contributed by atoms with Crippen LogP contribution in [0, 0.1) is 6.26 Å². The molecule has 2 rings (SSSR count). The molecule has 0 spiro atoms. The lowest BCUT2D eigenvalue weighted by atomic mass is 10.1. The molecule has 0 bridgehead atoms. The summed E-state index contributed by atoms with van der Waals surface area (Å²) in [5.74, 6) is 0. The van der Waals surface area contributed by atoms with Gasteiger partial charge >= 0.3 is 0 Å². The second kappa shape index (κ2) is 2.58. The zero-order chi connectivity index (χ0) is 7.52. The minimum atomic E-state index is 0.894. The molecule has 1 heterocycles. The Morgan fingerprint density at radius 3 is 2.64 bits per heavy atom. The molecular weight excluding hydrogens is 138 g/mol. The van der Waals surface area contributed by atoms with Gasteiger partial charge in [-0.2, -0.15) is 0 Å². The molecule has 0 atom stereocenters. The van der Waals surface area contributed by atoms with Crippen molar-refractivity contribution < 1.29 is 4.52 Å². The highest BCUT2D eigenvalue weighted by Gasteiger charge is 1.97. The zero-order valence-corrected chi connectivity index (χ0v) is 5.82.